The fourth-order valence-electron chi connectivity index (χ4n) is 3.65. The number of carbonyl (C=O) groups is 2. The van der Waals surface area contributed by atoms with Crippen LogP contribution in [0, 0.1) is 0 Å². The SMILES string of the molecule is COc1ccccc1C1CC(=O)NC(C)=C1C(=O)OCc1ccc2c(c1)OCO2. The third kappa shape index (κ3) is 3.76. The highest BCUT2D eigenvalue weighted by molar-refractivity contribution is 5.96. The van der Waals surface area contributed by atoms with Gasteiger partial charge in [-0.3, -0.25) is 4.79 Å². The van der Waals surface area contributed by atoms with E-state index < -0.39 is 11.9 Å². The molecule has 1 N–H and O–H groups in total. The van der Waals surface area contributed by atoms with Gasteiger partial charge in [0, 0.05) is 23.6 Å². The van der Waals surface area contributed by atoms with Gasteiger partial charge in [0.1, 0.15) is 12.4 Å². The van der Waals surface area contributed by atoms with E-state index in [1.807, 2.05) is 30.3 Å². The summed E-state index contributed by atoms with van der Waals surface area (Å²) in [5.41, 5.74) is 2.48. The topological polar surface area (TPSA) is 83.1 Å². The molecule has 0 spiro atoms. The molecule has 2 heterocycles. The molecule has 0 radical (unpaired) electrons. The predicted molar refractivity (Wildman–Crippen MR) is 104 cm³/mol. The van der Waals surface area contributed by atoms with Crippen LogP contribution in [0.5, 0.6) is 17.2 Å². The van der Waals surface area contributed by atoms with Crippen LogP contribution >= 0.6 is 0 Å². The van der Waals surface area contributed by atoms with Gasteiger partial charge in [0.25, 0.3) is 0 Å². The zero-order chi connectivity index (χ0) is 20.4. The van der Waals surface area contributed by atoms with Crippen molar-refractivity contribution in [2.45, 2.75) is 25.9 Å². The number of methoxy groups -OCH3 is 1. The lowest BCUT2D eigenvalue weighted by Crippen LogP contribution is -2.34. The van der Waals surface area contributed by atoms with Gasteiger partial charge < -0.3 is 24.3 Å². The van der Waals surface area contributed by atoms with Crippen LogP contribution < -0.4 is 19.5 Å². The number of para-hydroxylation sites is 1. The average Bonchev–Trinajstić information content (AvgIpc) is 3.19. The summed E-state index contributed by atoms with van der Waals surface area (Å²) in [5, 5.41) is 2.74. The van der Waals surface area contributed by atoms with Gasteiger partial charge in [0.2, 0.25) is 12.7 Å². The second-order valence-corrected chi connectivity index (χ2v) is 6.85. The Morgan fingerprint density at radius 1 is 1.17 bits per heavy atom. The monoisotopic (exact) mass is 395 g/mol. The average molecular weight is 395 g/mol. The van der Waals surface area contributed by atoms with E-state index in [2.05, 4.69) is 5.32 Å². The third-order valence-corrected chi connectivity index (χ3v) is 5.01. The Hall–Kier alpha value is -3.48. The van der Waals surface area contributed by atoms with E-state index in [0.717, 1.165) is 11.1 Å². The number of amides is 1. The molecular formula is C22H21NO6. The van der Waals surface area contributed by atoms with Gasteiger partial charge in [-0.05, 0) is 30.7 Å². The molecule has 4 rings (SSSR count). The van der Waals surface area contributed by atoms with Gasteiger partial charge in [0.15, 0.2) is 11.5 Å². The van der Waals surface area contributed by atoms with Crippen molar-refractivity contribution in [3.8, 4) is 17.2 Å². The molecule has 1 amide bonds. The molecule has 0 fully saturated rings. The summed E-state index contributed by atoms with van der Waals surface area (Å²) < 4.78 is 21.7. The van der Waals surface area contributed by atoms with Crippen LogP contribution in [0.15, 0.2) is 53.7 Å². The Bertz CT molecular complexity index is 997. The molecule has 1 atom stereocenters. The first-order valence-electron chi connectivity index (χ1n) is 9.26. The van der Waals surface area contributed by atoms with E-state index in [-0.39, 0.29) is 25.7 Å². The highest BCUT2D eigenvalue weighted by Gasteiger charge is 2.34. The minimum Gasteiger partial charge on any atom is -0.496 e. The number of carbonyl (C=O) groups excluding carboxylic acids is 2. The molecule has 0 saturated heterocycles. The predicted octanol–water partition coefficient (Wildman–Crippen LogP) is 3.04. The maximum atomic E-state index is 13.0. The van der Waals surface area contributed by atoms with E-state index in [1.165, 1.54) is 0 Å². The number of hydrogen-bond acceptors (Lipinski definition) is 6. The minimum absolute atomic E-state index is 0.0822. The number of nitrogens with one attached hydrogen (secondary N) is 1. The molecule has 0 aromatic heterocycles. The van der Waals surface area contributed by atoms with Gasteiger partial charge in [-0.1, -0.05) is 24.3 Å². The summed E-state index contributed by atoms with van der Waals surface area (Å²) in [6.45, 7) is 1.97. The van der Waals surface area contributed by atoms with Gasteiger partial charge in [-0.2, -0.15) is 0 Å². The van der Waals surface area contributed by atoms with Crippen molar-refractivity contribution in [2.75, 3.05) is 13.9 Å². The van der Waals surface area contributed by atoms with Crippen LogP contribution in [0.25, 0.3) is 0 Å². The zero-order valence-electron chi connectivity index (χ0n) is 16.2. The van der Waals surface area contributed by atoms with Crippen LogP contribution in [0.4, 0.5) is 0 Å². The molecule has 29 heavy (non-hydrogen) atoms. The van der Waals surface area contributed by atoms with Crippen molar-refractivity contribution in [1.29, 1.82) is 0 Å². The van der Waals surface area contributed by atoms with E-state index in [0.29, 0.717) is 28.5 Å². The van der Waals surface area contributed by atoms with Crippen molar-refractivity contribution in [3.05, 3.63) is 64.9 Å². The van der Waals surface area contributed by atoms with Gasteiger partial charge >= 0.3 is 5.97 Å². The summed E-state index contributed by atoms with van der Waals surface area (Å²) >= 11 is 0. The number of esters is 1. The second-order valence-electron chi connectivity index (χ2n) is 6.85. The van der Waals surface area contributed by atoms with Crippen molar-refractivity contribution in [3.63, 3.8) is 0 Å². The maximum Gasteiger partial charge on any atom is 0.336 e. The Labute approximate surface area is 168 Å². The Morgan fingerprint density at radius 3 is 2.79 bits per heavy atom. The first-order chi connectivity index (χ1) is 14.1. The molecule has 1 unspecified atom stereocenters. The Morgan fingerprint density at radius 2 is 1.97 bits per heavy atom. The number of allylic oxidation sites excluding steroid dienone is 1. The quantitative estimate of drug-likeness (QED) is 0.784. The van der Waals surface area contributed by atoms with Gasteiger partial charge in [-0.25, -0.2) is 4.79 Å². The van der Waals surface area contributed by atoms with Crippen LogP contribution in [0.2, 0.25) is 0 Å². The molecule has 150 valence electrons. The zero-order valence-corrected chi connectivity index (χ0v) is 16.2. The number of fused-ring (bicyclic) bond motifs is 1. The molecule has 2 aromatic carbocycles. The van der Waals surface area contributed by atoms with Crippen molar-refractivity contribution in [2.24, 2.45) is 0 Å². The van der Waals surface area contributed by atoms with Crippen molar-refractivity contribution >= 4 is 11.9 Å². The summed E-state index contributed by atoms with van der Waals surface area (Å²) in [6.07, 6.45) is 0.145. The van der Waals surface area contributed by atoms with Gasteiger partial charge in [0.05, 0.1) is 12.7 Å². The van der Waals surface area contributed by atoms with E-state index in [9.17, 15) is 9.59 Å². The number of ether oxygens (including phenoxy) is 4. The normalized spacial score (nSPS) is 17.7. The van der Waals surface area contributed by atoms with Crippen molar-refractivity contribution in [1.82, 2.24) is 5.32 Å². The van der Waals surface area contributed by atoms with Crippen LogP contribution in [-0.2, 0) is 20.9 Å². The number of hydrogen-bond donors (Lipinski definition) is 1. The van der Waals surface area contributed by atoms with Crippen molar-refractivity contribution < 1.29 is 28.5 Å². The molecule has 2 aliphatic rings. The molecule has 0 aliphatic carbocycles. The van der Waals surface area contributed by atoms with E-state index in [1.54, 1.807) is 26.2 Å². The summed E-state index contributed by atoms with van der Waals surface area (Å²) in [7, 11) is 1.57. The lowest BCUT2D eigenvalue weighted by Gasteiger charge is -2.27. The van der Waals surface area contributed by atoms with E-state index in [4.69, 9.17) is 18.9 Å². The van der Waals surface area contributed by atoms with Gasteiger partial charge in [-0.15, -0.1) is 0 Å². The summed E-state index contributed by atoms with van der Waals surface area (Å²) in [6, 6.07) is 12.8. The summed E-state index contributed by atoms with van der Waals surface area (Å²) in [5.74, 6) is 0.864. The summed E-state index contributed by atoms with van der Waals surface area (Å²) in [4.78, 5) is 25.1. The van der Waals surface area contributed by atoms with Crippen LogP contribution in [0.1, 0.15) is 30.4 Å². The van der Waals surface area contributed by atoms with Crippen LogP contribution in [0.3, 0.4) is 0 Å². The fraction of sp³-hybridized carbons (Fsp3) is 0.273. The smallest absolute Gasteiger partial charge is 0.336 e. The highest BCUT2D eigenvalue weighted by Crippen LogP contribution is 2.38. The molecule has 2 aliphatic heterocycles. The van der Waals surface area contributed by atoms with E-state index >= 15 is 0 Å². The second kappa shape index (κ2) is 7.87. The fourth-order valence-corrected chi connectivity index (χ4v) is 3.65. The molecular weight excluding hydrogens is 374 g/mol. The Kier molecular flexibility index (Phi) is 5.12. The number of benzene rings is 2. The minimum atomic E-state index is -0.476. The lowest BCUT2D eigenvalue weighted by molar-refractivity contribution is -0.141. The largest absolute Gasteiger partial charge is 0.496 e. The molecule has 7 nitrogen and oxygen atoms in total. The third-order valence-electron chi connectivity index (χ3n) is 5.01. The molecule has 7 heteroatoms. The maximum absolute atomic E-state index is 13.0. The first-order valence-corrected chi connectivity index (χ1v) is 9.26. The Balaban J connectivity index is 1.57. The highest BCUT2D eigenvalue weighted by atomic mass is 16.7. The molecule has 0 saturated carbocycles. The first kappa shape index (κ1) is 18.9. The lowest BCUT2D eigenvalue weighted by atomic mass is 9.84. The van der Waals surface area contributed by atoms with Crippen LogP contribution in [-0.4, -0.2) is 25.8 Å². The number of rotatable bonds is 5. The standard InChI is InChI=1S/C22H21NO6/c1-13-21(16(10-20(24)23-13)15-5-3-4-6-17(15)26-2)22(25)27-11-14-7-8-18-19(9-14)29-12-28-18/h3-9,16H,10-12H2,1-2H3,(H,23,24). The molecule has 2 aromatic rings. The molecule has 0 bridgehead atoms.